The van der Waals surface area contributed by atoms with E-state index in [1.54, 1.807) is 43.5 Å². The fraction of sp³-hybridized carbons (Fsp3) is 0.333. The maximum absolute atomic E-state index is 5.66. The highest BCUT2D eigenvalue weighted by atomic mass is 32.1. The van der Waals surface area contributed by atoms with Gasteiger partial charge in [-0.1, -0.05) is 11.6 Å². The molecule has 0 bridgehead atoms. The summed E-state index contributed by atoms with van der Waals surface area (Å²) in [5.41, 5.74) is 4.51. The molecule has 2 heterocycles. The SMILES string of the molecule is COc1ccc(OC)c(-c2csc(=Nc3cccnc3)n2CCC2=CCCCC2)c1. The molecule has 3 aromatic rings. The van der Waals surface area contributed by atoms with E-state index >= 15 is 0 Å². The summed E-state index contributed by atoms with van der Waals surface area (Å²) in [6.07, 6.45) is 12.0. The first kappa shape index (κ1) is 20.4. The van der Waals surface area contributed by atoms with Crippen LogP contribution in [0.15, 0.2) is 64.7 Å². The van der Waals surface area contributed by atoms with E-state index in [1.165, 1.54) is 25.7 Å². The first-order chi connectivity index (χ1) is 14.8. The molecule has 0 aliphatic heterocycles. The van der Waals surface area contributed by atoms with Crippen molar-refractivity contribution in [1.82, 2.24) is 9.55 Å². The standard InChI is InChI=1S/C24H27N3O2S/c1-28-20-10-11-23(29-2)21(15-20)22-17-30-24(26-19-9-6-13-25-16-19)27(22)14-12-18-7-4-3-5-8-18/h6-7,9-11,13,15-17H,3-5,8,12,14H2,1-2H3. The van der Waals surface area contributed by atoms with Crippen molar-refractivity contribution in [3.63, 3.8) is 0 Å². The predicted molar refractivity (Wildman–Crippen MR) is 121 cm³/mol. The lowest BCUT2D eigenvalue weighted by molar-refractivity contribution is 0.404. The summed E-state index contributed by atoms with van der Waals surface area (Å²) in [5, 5.41) is 2.15. The zero-order valence-corrected chi connectivity index (χ0v) is 18.3. The van der Waals surface area contributed by atoms with E-state index in [9.17, 15) is 0 Å². The lowest BCUT2D eigenvalue weighted by Crippen LogP contribution is -2.17. The summed E-state index contributed by atoms with van der Waals surface area (Å²) in [6, 6.07) is 9.80. The predicted octanol–water partition coefficient (Wildman–Crippen LogP) is 5.75. The minimum atomic E-state index is 0.810. The van der Waals surface area contributed by atoms with E-state index in [2.05, 4.69) is 21.0 Å². The summed E-state index contributed by atoms with van der Waals surface area (Å²) >= 11 is 1.64. The quantitative estimate of drug-likeness (QED) is 0.456. The molecule has 4 rings (SSSR count). The highest BCUT2D eigenvalue weighted by molar-refractivity contribution is 7.07. The number of thiazole rings is 1. The Morgan fingerprint density at radius 1 is 1.17 bits per heavy atom. The van der Waals surface area contributed by atoms with Crippen molar-refractivity contribution in [2.24, 2.45) is 4.99 Å². The van der Waals surface area contributed by atoms with Gasteiger partial charge in [-0.05, 0) is 62.4 Å². The van der Waals surface area contributed by atoms with Crippen LogP contribution in [-0.4, -0.2) is 23.8 Å². The minimum Gasteiger partial charge on any atom is -0.497 e. The third kappa shape index (κ3) is 4.65. The van der Waals surface area contributed by atoms with Gasteiger partial charge in [0.25, 0.3) is 0 Å². The fourth-order valence-electron chi connectivity index (χ4n) is 3.78. The Labute approximate surface area is 181 Å². The number of methoxy groups -OCH3 is 2. The van der Waals surface area contributed by atoms with Crippen LogP contribution in [-0.2, 0) is 6.54 Å². The number of ether oxygens (including phenoxy) is 2. The van der Waals surface area contributed by atoms with Crippen molar-refractivity contribution in [2.45, 2.75) is 38.6 Å². The molecular formula is C24H27N3O2S. The number of hydrogen-bond acceptors (Lipinski definition) is 5. The van der Waals surface area contributed by atoms with Gasteiger partial charge in [-0.3, -0.25) is 4.98 Å². The fourth-order valence-corrected chi connectivity index (χ4v) is 4.73. The van der Waals surface area contributed by atoms with Crippen molar-refractivity contribution >= 4 is 17.0 Å². The highest BCUT2D eigenvalue weighted by Gasteiger charge is 2.15. The molecule has 0 spiro atoms. The Morgan fingerprint density at radius 2 is 2.10 bits per heavy atom. The number of aromatic nitrogens is 2. The molecule has 30 heavy (non-hydrogen) atoms. The molecule has 0 atom stereocenters. The average molecular weight is 422 g/mol. The van der Waals surface area contributed by atoms with Crippen LogP contribution in [0.25, 0.3) is 11.3 Å². The van der Waals surface area contributed by atoms with Crippen LogP contribution in [0.1, 0.15) is 32.1 Å². The van der Waals surface area contributed by atoms with Crippen molar-refractivity contribution in [2.75, 3.05) is 14.2 Å². The lowest BCUT2D eigenvalue weighted by Gasteiger charge is -2.16. The molecule has 0 N–H and O–H groups in total. The lowest BCUT2D eigenvalue weighted by atomic mass is 9.97. The Bertz CT molecular complexity index is 1080. The second-order valence-corrected chi connectivity index (χ2v) is 8.14. The third-order valence-electron chi connectivity index (χ3n) is 5.39. The molecule has 1 aromatic carbocycles. The molecule has 5 nitrogen and oxygen atoms in total. The smallest absolute Gasteiger partial charge is 0.190 e. The van der Waals surface area contributed by atoms with E-state index in [1.807, 2.05) is 30.3 Å². The van der Waals surface area contributed by atoms with Gasteiger partial charge in [-0.2, -0.15) is 0 Å². The monoisotopic (exact) mass is 421 g/mol. The third-order valence-corrected chi connectivity index (χ3v) is 6.26. The van der Waals surface area contributed by atoms with Crippen LogP contribution in [0.2, 0.25) is 0 Å². The van der Waals surface area contributed by atoms with Crippen LogP contribution >= 0.6 is 11.3 Å². The van der Waals surface area contributed by atoms with E-state index in [4.69, 9.17) is 14.5 Å². The molecular weight excluding hydrogens is 394 g/mol. The zero-order valence-electron chi connectivity index (χ0n) is 17.5. The summed E-state index contributed by atoms with van der Waals surface area (Å²) in [7, 11) is 3.39. The van der Waals surface area contributed by atoms with Crippen LogP contribution in [0.4, 0.5) is 5.69 Å². The second-order valence-electron chi connectivity index (χ2n) is 7.30. The van der Waals surface area contributed by atoms with Crippen molar-refractivity contribution in [1.29, 1.82) is 0 Å². The topological polar surface area (TPSA) is 48.6 Å². The zero-order chi connectivity index (χ0) is 20.8. The van der Waals surface area contributed by atoms with Crippen molar-refractivity contribution in [3.05, 3.63) is 64.6 Å². The van der Waals surface area contributed by atoms with Crippen molar-refractivity contribution in [3.8, 4) is 22.8 Å². The Kier molecular flexibility index (Phi) is 6.64. The average Bonchev–Trinajstić information content (AvgIpc) is 3.20. The number of hydrogen-bond donors (Lipinski definition) is 0. The van der Waals surface area contributed by atoms with Gasteiger partial charge in [-0.15, -0.1) is 11.3 Å². The van der Waals surface area contributed by atoms with E-state index in [0.717, 1.165) is 46.2 Å². The van der Waals surface area contributed by atoms with E-state index < -0.39 is 0 Å². The number of nitrogens with zero attached hydrogens (tertiary/aromatic N) is 3. The Morgan fingerprint density at radius 3 is 2.83 bits per heavy atom. The maximum atomic E-state index is 5.66. The second kappa shape index (κ2) is 9.76. The van der Waals surface area contributed by atoms with Gasteiger partial charge < -0.3 is 14.0 Å². The summed E-state index contributed by atoms with van der Waals surface area (Å²) in [6.45, 7) is 0.879. The van der Waals surface area contributed by atoms with Crippen LogP contribution < -0.4 is 14.3 Å². The number of pyridine rings is 1. The molecule has 0 radical (unpaired) electrons. The molecule has 6 heteroatoms. The van der Waals surface area contributed by atoms with Crippen molar-refractivity contribution < 1.29 is 9.47 Å². The van der Waals surface area contributed by atoms with Crippen LogP contribution in [0.5, 0.6) is 11.5 Å². The normalized spacial score (nSPS) is 14.5. The Balaban J connectivity index is 1.79. The first-order valence-corrected chi connectivity index (χ1v) is 11.2. The van der Waals surface area contributed by atoms with Gasteiger partial charge in [0.05, 0.1) is 31.8 Å². The summed E-state index contributed by atoms with van der Waals surface area (Å²) < 4.78 is 13.4. The largest absolute Gasteiger partial charge is 0.497 e. The van der Waals surface area contributed by atoms with Gasteiger partial charge >= 0.3 is 0 Å². The van der Waals surface area contributed by atoms with Crippen LogP contribution in [0, 0.1) is 0 Å². The van der Waals surface area contributed by atoms with Gasteiger partial charge in [0.1, 0.15) is 11.5 Å². The van der Waals surface area contributed by atoms with E-state index in [0.29, 0.717) is 0 Å². The minimum absolute atomic E-state index is 0.810. The van der Waals surface area contributed by atoms with Gasteiger partial charge in [0, 0.05) is 23.7 Å². The van der Waals surface area contributed by atoms with Gasteiger partial charge in [0.15, 0.2) is 4.80 Å². The molecule has 0 saturated heterocycles. The molecule has 1 aliphatic carbocycles. The Hall–Kier alpha value is -2.86. The molecule has 2 aromatic heterocycles. The number of allylic oxidation sites excluding steroid dienone is 2. The number of benzene rings is 1. The van der Waals surface area contributed by atoms with Gasteiger partial charge in [-0.25, -0.2) is 4.99 Å². The molecule has 0 unspecified atom stereocenters. The highest BCUT2D eigenvalue weighted by Crippen LogP contribution is 2.34. The molecule has 0 saturated carbocycles. The first-order valence-electron chi connectivity index (χ1n) is 10.3. The van der Waals surface area contributed by atoms with Gasteiger partial charge in [0.2, 0.25) is 0 Å². The number of rotatable bonds is 7. The summed E-state index contributed by atoms with van der Waals surface area (Å²) in [5.74, 6) is 1.64. The maximum Gasteiger partial charge on any atom is 0.190 e. The molecule has 0 fully saturated rings. The van der Waals surface area contributed by atoms with Crippen LogP contribution in [0.3, 0.4) is 0 Å². The molecule has 0 amide bonds. The molecule has 156 valence electrons. The van der Waals surface area contributed by atoms with E-state index in [-0.39, 0.29) is 0 Å². The molecule has 1 aliphatic rings. The summed E-state index contributed by atoms with van der Waals surface area (Å²) in [4.78, 5) is 10.0.